The number of amides is 5. The molecule has 3 aliphatic rings. The Labute approximate surface area is 408 Å². The van der Waals surface area contributed by atoms with E-state index in [0.29, 0.717) is 62.8 Å². The number of imide groups is 1. The lowest BCUT2D eigenvalue weighted by Gasteiger charge is -2.47. The number of nitrogens with one attached hydrogen (secondary N) is 4. The second-order valence-corrected chi connectivity index (χ2v) is 19.2. The molecule has 6 aromatic rings. The van der Waals surface area contributed by atoms with Crippen molar-refractivity contribution in [1.29, 1.82) is 0 Å². The SMILES string of the molecule is Cc1c(NC(=O)c2ccc(C(C)(C)O)cc2F)cc(F)cc1-c1ncnc2[nH]c(-c3ccc(CN4CCC5(CC4)CN(CCCNC(=O)c4ccc(Cl)c(N6CCC(=O)NC6=O)c4)CCO5)cc3)cc12. The number of halogens is 3. The minimum atomic E-state index is -1.29. The van der Waals surface area contributed by atoms with E-state index < -0.39 is 29.2 Å². The van der Waals surface area contributed by atoms with Crippen LogP contribution in [0.25, 0.3) is 33.5 Å². The molecule has 0 atom stereocenters. The maximum absolute atomic E-state index is 15.2. The van der Waals surface area contributed by atoms with Crippen molar-refractivity contribution in [2.24, 2.45) is 0 Å². The summed E-state index contributed by atoms with van der Waals surface area (Å²) >= 11 is 6.36. The third kappa shape index (κ3) is 10.6. The average molecular weight is 975 g/mol. The number of piperidine rings is 1. The number of fused-ring (bicyclic) bond motifs is 1. The van der Waals surface area contributed by atoms with Gasteiger partial charge in [0.2, 0.25) is 5.91 Å². The summed E-state index contributed by atoms with van der Waals surface area (Å²) in [4.78, 5) is 68.9. The van der Waals surface area contributed by atoms with E-state index in [1.807, 2.05) is 6.07 Å². The number of nitrogens with zero attached hydrogens (tertiary/aromatic N) is 5. The molecule has 0 saturated carbocycles. The van der Waals surface area contributed by atoms with Crippen LogP contribution >= 0.6 is 11.6 Å². The van der Waals surface area contributed by atoms with Gasteiger partial charge < -0.3 is 25.5 Å². The van der Waals surface area contributed by atoms with Gasteiger partial charge in [0.1, 0.15) is 23.6 Å². The lowest BCUT2D eigenvalue weighted by Crippen LogP contribution is -2.56. The standard InChI is InChI=1S/C52H54ClF2N9O6/c1-31-38(25-36(54)26-42(31)60-49(67)37-11-10-35(24-41(37)55)51(2,3)69)46-39-27-43(59-47(39)58-30-57-46)33-7-5-32(6-8-33)28-62-19-14-52(15-20-62)29-63(21-22-70-52)17-4-16-56-48(66)34-9-12-40(53)44(23-34)64-18-13-45(65)61-50(64)68/h5-12,23-27,30,69H,4,13-22,28-29H2,1-3H3,(H,56,66)(H,60,67)(H,57,58,59)(H,61,65,68). The molecule has 0 aliphatic carbocycles. The van der Waals surface area contributed by atoms with Gasteiger partial charge in [-0.1, -0.05) is 41.9 Å². The fraction of sp³-hybridized carbons (Fsp3) is 0.346. The molecule has 5 amide bonds. The van der Waals surface area contributed by atoms with Gasteiger partial charge in [-0.15, -0.1) is 0 Å². The number of hydrogen-bond donors (Lipinski definition) is 5. The van der Waals surface area contributed by atoms with Crippen LogP contribution in [-0.4, -0.2) is 112 Å². The van der Waals surface area contributed by atoms with Crippen LogP contribution in [0.2, 0.25) is 5.02 Å². The van der Waals surface area contributed by atoms with Crippen molar-refractivity contribution in [1.82, 2.24) is 35.4 Å². The van der Waals surface area contributed by atoms with Crippen molar-refractivity contribution in [2.45, 2.75) is 64.2 Å². The van der Waals surface area contributed by atoms with E-state index >= 15 is 8.78 Å². The zero-order valence-electron chi connectivity index (χ0n) is 39.1. The molecule has 0 radical (unpaired) electrons. The van der Waals surface area contributed by atoms with Crippen molar-refractivity contribution in [3.8, 4) is 22.5 Å². The fourth-order valence-corrected chi connectivity index (χ4v) is 9.70. The number of rotatable bonds is 13. The first-order chi connectivity index (χ1) is 33.5. The zero-order valence-corrected chi connectivity index (χ0v) is 39.9. The third-order valence-electron chi connectivity index (χ3n) is 13.5. The number of ether oxygens (including phenoxy) is 1. The smallest absolute Gasteiger partial charge is 0.328 e. The number of benzene rings is 4. The Balaban J connectivity index is 0.773. The molecule has 15 nitrogen and oxygen atoms in total. The molecular formula is C52H54ClF2N9O6. The van der Waals surface area contributed by atoms with Gasteiger partial charge in [-0.25, -0.2) is 23.5 Å². The van der Waals surface area contributed by atoms with Gasteiger partial charge in [-0.05, 0) is 111 Å². The van der Waals surface area contributed by atoms with Crippen LogP contribution in [0.4, 0.5) is 25.0 Å². The number of hydrogen-bond acceptors (Lipinski definition) is 10. The van der Waals surface area contributed by atoms with E-state index in [9.17, 15) is 24.3 Å². The van der Waals surface area contributed by atoms with E-state index in [2.05, 4.69) is 65.0 Å². The summed E-state index contributed by atoms with van der Waals surface area (Å²) < 4.78 is 36.7. The van der Waals surface area contributed by atoms with Crippen LogP contribution in [0.15, 0.2) is 85.2 Å². The second kappa shape index (κ2) is 20.0. The lowest BCUT2D eigenvalue weighted by molar-refractivity contribution is -0.136. The number of carbonyl (C=O) groups excluding carboxylic acids is 4. The van der Waals surface area contributed by atoms with Crippen molar-refractivity contribution in [2.75, 3.05) is 62.6 Å². The number of urea groups is 1. The van der Waals surface area contributed by atoms with E-state index in [4.69, 9.17) is 16.3 Å². The molecule has 4 aromatic carbocycles. The molecule has 0 unspecified atom stereocenters. The van der Waals surface area contributed by atoms with Gasteiger partial charge in [-0.2, -0.15) is 0 Å². The molecule has 0 bridgehead atoms. The molecule has 70 heavy (non-hydrogen) atoms. The molecule has 3 saturated heterocycles. The maximum Gasteiger partial charge on any atom is 0.328 e. The number of carbonyl (C=O) groups is 4. The largest absolute Gasteiger partial charge is 0.386 e. The van der Waals surface area contributed by atoms with Crippen molar-refractivity contribution in [3.63, 3.8) is 0 Å². The molecule has 364 valence electrons. The normalized spacial score (nSPS) is 16.7. The predicted octanol–water partition coefficient (Wildman–Crippen LogP) is 7.94. The molecule has 18 heteroatoms. The van der Waals surface area contributed by atoms with Gasteiger partial charge >= 0.3 is 6.03 Å². The van der Waals surface area contributed by atoms with Gasteiger partial charge in [0, 0.05) is 86.7 Å². The molecule has 1 spiro atoms. The summed E-state index contributed by atoms with van der Waals surface area (Å²) in [5.74, 6) is -2.79. The Morgan fingerprint density at radius 1 is 0.929 bits per heavy atom. The van der Waals surface area contributed by atoms with Crippen molar-refractivity contribution < 1.29 is 37.8 Å². The Kier molecular flexibility index (Phi) is 13.8. The number of likely N-dealkylation sites (tertiary alicyclic amines) is 1. The number of aromatic amines is 1. The van der Waals surface area contributed by atoms with E-state index in [-0.39, 0.29) is 41.6 Å². The summed E-state index contributed by atoms with van der Waals surface area (Å²) in [5.41, 5.74) is 4.40. The van der Waals surface area contributed by atoms with Crippen LogP contribution in [0.1, 0.15) is 76.9 Å². The van der Waals surface area contributed by atoms with Crippen LogP contribution in [-0.2, 0) is 21.7 Å². The quantitative estimate of drug-likeness (QED) is 0.0712. The number of aliphatic hydroxyl groups is 1. The number of morpholine rings is 1. The Hall–Kier alpha value is -6.63. The van der Waals surface area contributed by atoms with E-state index in [1.54, 1.807) is 25.1 Å². The summed E-state index contributed by atoms with van der Waals surface area (Å²) in [5, 5.41) is 19.2. The van der Waals surface area contributed by atoms with Gasteiger partial charge in [0.25, 0.3) is 11.8 Å². The molecule has 5 N–H and O–H groups in total. The van der Waals surface area contributed by atoms with Crippen LogP contribution in [0, 0.1) is 18.6 Å². The molecule has 3 fully saturated rings. The highest BCUT2D eigenvalue weighted by molar-refractivity contribution is 6.34. The highest BCUT2D eigenvalue weighted by Crippen LogP contribution is 2.36. The highest BCUT2D eigenvalue weighted by Gasteiger charge is 2.39. The first-order valence-electron chi connectivity index (χ1n) is 23.4. The van der Waals surface area contributed by atoms with E-state index in [1.165, 1.54) is 54.9 Å². The Morgan fingerprint density at radius 3 is 2.46 bits per heavy atom. The van der Waals surface area contributed by atoms with Crippen molar-refractivity contribution >= 4 is 57.8 Å². The Morgan fingerprint density at radius 2 is 1.71 bits per heavy atom. The zero-order chi connectivity index (χ0) is 49.3. The predicted molar refractivity (Wildman–Crippen MR) is 263 cm³/mol. The van der Waals surface area contributed by atoms with Crippen LogP contribution in [0.5, 0.6) is 0 Å². The van der Waals surface area contributed by atoms with E-state index in [0.717, 1.165) is 75.9 Å². The van der Waals surface area contributed by atoms with Crippen LogP contribution < -0.4 is 20.9 Å². The summed E-state index contributed by atoms with van der Waals surface area (Å²) in [7, 11) is 0. The lowest BCUT2D eigenvalue weighted by atomic mass is 9.89. The fourth-order valence-electron chi connectivity index (χ4n) is 9.48. The van der Waals surface area contributed by atoms with Gasteiger partial charge in [0.05, 0.1) is 39.8 Å². The van der Waals surface area contributed by atoms with Crippen molar-refractivity contribution in [3.05, 3.63) is 130 Å². The maximum atomic E-state index is 15.2. The minimum absolute atomic E-state index is 0.152. The molecular weight excluding hydrogens is 920 g/mol. The highest BCUT2D eigenvalue weighted by atomic mass is 35.5. The summed E-state index contributed by atoms with van der Waals surface area (Å²) in [6, 6.07) is 20.9. The number of anilines is 2. The molecule has 3 aliphatic heterocycles. The molecule has 5 heterocycles. The minimum Gasteiger partial charge on any atom is -0.386 e. The first kappa shape index (κ1) is 48.4. The molecule has 2 aromatic heterocycles. The average Bonchev–Trinajstić information content (AvgIpc) is 3.78. The first-order valence-corrected chi connectivity index (χ1v) is 23.8. The number of H-pyrrole nitrogens is 1. The van der Waals surface area contributed by atoms with Gasteiger partial charge in [0.15, 0.2) is 0 Å². The monoisotopic (exact) mass is 973 g/mol. The summed E-state index contributed by atoms with van der Waals surface area (Å²) in [6.07, 6.45) is 4.13. The topological polar surface area (TPSA) is 185 Å². The second-order valence-electron chi connectivity index (χ2n) is 18.8. The summed E-state index contributed by atoms with van der Waals surface area (Å²) in [6.45, 7) is 11.2. The van der Waals surface area contributed by atoms with Gasteiger partial charge in [-0.3, -0.25) is 34.4 Å². The third-order valence-corrected chi connectivity index (χ3v) is 13.8. The molecule has 9 rings (SSSR count). The Bertz CT molecular complexity index is 2990. The number of aromatic nitrogens is 3. The van der Waals surface area contributed by atoms with Crippen LogP contribution in [0.3, 0.4) is 0 Å².